The summed E-state index contributed by atoms with van der Waals surface area (Å²) in [6, 6.07) is 7.42. The van der Waals surface area contributed by atoms with Gasteiger partial charge in [-0.25, -0.2) is 0 Å². The molecule has 0 N–H and O–H groups in total. The summed E-state index contributed by atoms with van der Waals surface area (Å²) in [5.41, 5.74) is 0.903. The summed E-state index contributed by atoms with van der Waals surface area (Å²) in [5, 5.41) is 0. The quantitative estimate of drug-likeness (QED) is 0.543. The van der Waals surface area contributed by atoms with Crippen molar-refractivity contribution in [2.24, 2.45) is 4.99 Å². The van der Waals surface area contributed by atoms with Crippen LogP contribution < -0.4 is 4.74 Å². The normalized spacial score (nSPS) is 11.9. The fraction of sp³-hybridized carbons (Fsp3) is 0.462. The Bertz CT molecular complexity index is 434. The molecule has 1 aromatic rings. The van der Waals surface area contributed by atoms with Crippen LogP contribution in [0.4, 0.5) is 0 Å². The first-order chi connectivity index (χ1) is 9.13. The number of methoxy groups -OCH3 is 1. The summed E-state index contributed by atoms with van der Waals surface area (Å²) in [6.45, 7) is 4.24. The van der Waals surface area contributed by atoms with Crippen LogP contribution >= 0.6 is 7.60 Å². The number of aliphatic imine (C=N–C) groups is 1. The highest BCUT2D eigenvalue weighted by Gasteiger charge is 2.22. The Morgan fingerprint density at radius 1 is 1.16 bits per heavy atom. The summed E-state index contributed by atoms with van der Waals surface area (Å²) in [7, 11) is -1.48. The lowest BCUT2D eigenvalue weighted by atomic mass is 10.2. The van der Waals surface area contributed by atoms with Gasteiger partial charge in [-0.3, -0.25) is 9.56 Å². The van der Waals surface area contributed by atoms with Gasteiger partial charge in [-0.1, -0.05) is 0 Å². The smallest absolute Gasteiger partial charge is 0.351 e. The maximum absolute atomic E-state index is 12.1. The largest absolute Gasteiger partial charge is 0.497 e. The molecule has 5 nitrogen and oxygen atoms in total. The van der Waals surface area contributed by atoms with Crippen LogP contribution in [0.3, 0.4) is 0 Å². The molecule has 0 spiro atoms. The predicted octanol–water partition coefficient (Wildman–Crippen LogP) is 3.34. The van der Waals surface area contributed by atoms with Crippen LogP contribution in [0.5, 0.6) is 5.75 Å². The second kappa shape index (κ2) is 8.10. The van der Waals surface area contributed by atoms with E-state index in [1.165, 1.54) is 0 Å². The van der Waals surface area contributed by atoms with E-state index < -0.39 is 7.60 Å². The topological polar surface area (TPSA) is 57.1 Å². The number of hydrogen-bond acceptors (Lipinski definition) is 5. The molecular weight excluding hydrogens is 265 g/mol. The lowest BCUT2D eigenvalue weighted by Gasteiger charge is -2.14. The van der Waals surface area contributed by atoms with E-state index in [4.69, 9.17) is 13.8 Å². The molecule has 0 aliphatic carbocycles. The predicted molar refractivity (Wildman–Crippen MR) is 76.3 cm³/mol. The van der Waals surface area contributed by atoms with Gasteiger partial charge in [-0.15, -0.1) is 0 Å². The van der Waals surface area contributed by atoms with Gasteiger partial charge in [0, 0.05) is 6.21 Å². The van der Waals surface area contributed by atoms with E-state index >= 15 is 0 Å². The molecule has 19 heavy (non-hydrogen) atoms. The number of rotatable bonds is 8. The van der Waals surface area contributed by atoms with Gasteiger partial charge in [-0.05, 0) is 43.7 Å². The Morgan fingerprint density at radius 2 is 1.74 bits per heavy atom. The van der Waals surface area contributed by atoms with Gasteiger partial charge in [0.25, 0.3) is 0 Å². The Kier molecular flexibility index (Phi) is 6.78. The Hall–Kier alpha value is -1.16. The van der Waals surface area contributed by atoms with Crippen molar-refractivity contribution in [3.05, 3.63) is 29.8 Å². The van der Waals surface area contributed by atoms with Crippen molar-refractivity contribution >= 4 is 13.8 Å². The van der Waals surface area contributed by atoms with Gasteiger partial charge in [0.05, 0.1) is 20.3 Å². The van der Waals surface area contributed by atoms with Crippen LogP contribution in [0.1, 0.15) is 19.4 Å². The summed E-state index contributed by atoms with van der Waals surface area (Å²) in [4.78, 5) is 4.13. The standard InChI is InChI=1S/C13H20NO4P/c1-4-17-19(15,18-5-2)11-14-10-12-6-8-13(16-3)9-7-12/h6-10H,4-5,11H2,1-3H3. The van der Waals surface area contributed by atoms with Crippen molar-refractivity contribution in [3.63, 3.8) is 0 Å². The van der Waals surface area contributed by atoms with Gasteiger partial charge >= 0.3 is 7.60 Å². The zero-order chi connectivity index (χ0) is 14.1. The summed E-state index contributed by atoms with van der Waals surface area (Å²) < 4.78 is 27.5. The SMILES string of the molecule is CCOP(=O)(CN=Cc1ccc(OC)cc1)OCC. The fourth-order valence-electron chi connectivity index (χ4n) is 1.45. The first-order valence-corrected chi connectivity index (χ1v) is 7.88. The second-order valence-electron chi connectivity index (χ2n) is 3.67. The molecule has 1 rings (SSSR count). The molecule has 0 saturated carbocycles. The monoisotopic (exact) mass is 285 g/mol. The number of ether oxygens (including phenoxy) is 1. The van der Waals surface area contributed by atoms with Gasteiger partial charge in [0.15, 0.2) is 0 Å². The van der Waals surface area contributed by atoms with E-state index in [1.54, 1.807) is 27.2 Å². The number of hydrogen-bond donors (Lipinski definition) is 0. The lowest BCUT2D eigenvalue weighted by molar-refractivity contribution is 0.221. The maximum Gasteiger partial charge on any atom is 0.351 e. The third kappa shape index (κ3) is 5.55. The van der Waals surface area contributed by atoms with Crippen LogP contribution in [0.2, 0.25) is 0 Å². The third-order valence-corrected chi connectivity index (χ3v) is 4.08. The van der Waals surface area contributed by atoms with E-state index in [2.05, 4.69) is 4.99 Å². The average molecular weight is 285 g/mol. The Morgan fingerprint density at radius 3 is 2.21 bits per heavy atom. The summed E-state index contributed by atoms with van der Waals surface area (Å²) in [6.07, 6.45) is 1.67. The van der Waals surface area contributed by atoms with Gasteiger partial charge in [0.1, 0.15) is 12.0 Å². The van der Waals surface area contributed by atoms with Gasteiger partial charge < -0.3 is 13.8 Å². The first-order valence-electron chi connectivity index (χ1n) is 6.15. The fourth-order valence-corrected chi connectivity index (χ4v) is 2.75. The third-order valence-electron chi connectivity index (χ3n) is 2.26. The number of nitrogens with zero attached hydrogens (tertiary/aromatic N) is 1. The molecule has 0 unspecified atom stereocenters. The van der Waals surface area contributed by atoms with E-state index in [0.717, 1.165) is 11.3 Å². The van der Waals surface area contributed by atoms with Crippen LogP contribution in [-0.2, 0) is 13.6 Å². The minimum atomic E-state index is -3.09. The van der Waals surface area contributed by atoms with E-state index in [-0.39, 0.29) is 6.29 Å². The van der Waals surface area contributed by atoms with Crippen molar-refractivity contribution in [2.75, 3.05) is 26.6 Å². The Balaban J connectivity index is 2.62. The van der Waals surface area contributed by atoms with Crippen molar-refractivity contribution < 1.29 is 18.3 Å². The van der Waals surface area contributed by atoms with E-state index in [1.807, 2.05) is 24.3 Å². The summed E-state index contributed by atoms with van der Waals surface area (Å²) >= 11 is 0. The van der Waals surface area contributed by atoms with Crippen LogP contribution in [0.15, 0.2) is 29.3 Å². The average Bonchev–Trinajstić information content (AvgIpc) is 2.40. The minimum absolute atomic E-state index is 0.0285. The zero-order valence-electron chi connectivity index (χ0n) is 11.5. The van der Waals surface area contributed by atoms with Crippen LogP contribution in [0.25, 0.3) is 0 Å². The van der Waals surface area contributed by atoms with E-state index in [9.17, 15) is 4.57 Å². The molecule has 0 aliphatic heterocycles. The van der Waals surface area contributed by atoms with Crippen molar-refractivity contribution in [1.29, 1.82) is 0 Å². The second-order valence-corrected chi connectivity index (χ2v) is 5.69. The minimum Gasteiger partial charge on any atom is -0.497 e. The van der Waals surface area contributed by atoms with E-state index in [0.29, 0.717) is 13.2 Å². The molecule has 0 radical (unpaired) electrons. The highest BCUT2D eigenvalue weighted by atomic mass is 31.2. The molecule has 0 heterocycles. The summed E-state index contributed by atoms with van der Waals surface area (Å²) in [5.74, 6) is 0.784. The molecule has 0 atom stereocenters. The zero-order valence-corrected chi connectivity index (χ0v) is 12.4. The molecule has 1 aromatic carbocycles. The molecular formula is C13H20NO4P. The molecule has 0 saturated heterocycles. The molecule has 0 aliphatic rings. The highest BCUT2D eigenvalue weighted by Crippen LogP contribution is 2.47. The van der Waals surface area contributed by atoms with Crippen molar-refractivity contribution in [3.8, 4) is 5.75 Å². The maximum atomic E-state index is 12.1. The lowest BCUT2D eigenvalue weighted by Crippen LogP contribution is -1.99. The highest BCUT2D eigenvalue weighted by molar-refractivity contribution is 7.53. The molecule has 106 valence electrons. The molecule has 0 fully saturated rings. The van der Waals surface area contributed by atoms with Crippen LogP contribution in [-0.4, -0.2) is 32.8 Å². The van der Waals surface area contributed by atoms with Crippen LogP contribution in [0, 0.1) is 0 Å². The molecule has 0 aromatic heterocycles. The van der Waals surface area contributed by atoms with Crippen molar-refractivity contribution in [2.45, 2.75) is 13.8 Å². The molecule has 6 heteroatoms. The first kappa shape index (κ1) is 15.9. The van der Waals surface area contributed by atoms with Gasteiger partial charge in [0.2, 0.25) is 0 Å². The molecule has 0 bridgehead atoms. The number of benzene rings is 1. The van der Waals surface area contributed by atoms with Gasteiger partial charge in [-0.2, -0.15) is 0 Å². The van der Waals surface area contributed by atoms with Crippen molar-refractivity contribution in [1.82, 2.24) is 0 Å². The Labute approximate surface area is 114 Å². The molecule has 0 amide bonds.